The number of ether oxygens (including phenoxy) is 2. The minimum Gasteiger partial charge on any atom is -0.497 e. The van der Waals surface area contributed by atoms with Crippen molar-refractivity contribution in [3.63, 3.8) is 0 Å². The van der Waals surface area contributed by atoms with E-state index >= 15 is 0 Å². The number of hydrogen-bond acceptors (Lipinski definition) is 6. The van der Waals surface area contributed by atoms with Crippen LogP contribution in [0.15, 0.2) is 51.7 Å². The molecule has 0 saturated heterocycles. The van der Waals surface area contributed by atoms with Crippen molar-refractivity contribution in [3.05, 3.63) is 58.5 Å². The number of fused-ring (bicyclic) bond motifs is 3. The van der Waals surface area contributed by atoms with Crippen molar-refractivity contribution >= 4 is 33.7 Å². The second-order valence-electron chi connectivity index (χ2n) is 8.94. The molecule has 2 aromatic carbocycles. The highest BCUT2D eigenvalue weighted by molar-refractivity contribution is 6.09. The van der Waals surface area contributed by atoms with Crippen LogP contribution in [0, 0.1) is 0 Å². The van der Waals surface area contributed by atoms with Gasteiger partial charge in [0.25, 0.3) is 0 Å². The van der Waals surface area contributed by atoms with Gasteiger partial charge in [-0.3, -0.25) is 0 Å². The normalized spacial score (nSPS) is 11.9. The highest BCUT2D eigenvalue weighted by Crippen LogP contribution is 2.39. The standard InChI is InChI=1S/C27H30O7/c1-5-6-7-8-13-27(2,3)17-14-21(33-24(30)12-11-23(28)29)25-20-16-18(32-4)9-10-19(20)26(31)34-22(25)15-17/h9-12,14-16H,5-8,13H2,1-4H3,(H,28,29)/b12-11+. The molecule has 180 valence electrons. The van der Waals surface area contributed by atoms with E-state index in [1.807, 2.05) is 6.07 Å². The second kappa shape index (κ2) is 10.5. The average Bonchev–Trinajstić information content (AvgIpc) is 2.80. The number of carboxylic acids is 1. The Morgan fingerprint density at radius 1 is 1.06 bits per heavy atom. The predicted molar refractivity (Wildman–Crippen MR) is 131 cm³/mol. The highest BCUT2D eigenvalue weighted by atomic mass is 16.5. The molecule has 0 saturated carbocycles. The minimum atomic E-state index is -1.26. The number of esters is 1. The Bertz CT molecular complexity index is 1300. The number of carbonyl (C=O) groups excluding carboxylic acids is 1. The fourth-order valence-electron chi connectivity index (χ4n) is 4.02. The molecule has 3 aromatic rings. The molecule has 0 amide bonds. The first-order chi connectivity index (χ1) is 16.2. The molecule has 0 atom stereocenters. The third-order valence-corrected chi connectivity index (χ3v) is 5.99. The van der Waals surface area contributed by atoms with Gasteiger partial charge in [0, 0.05) is 17.5 Å². The van der Waals surface area contributed by atoms with E-state index in [1.54, 1.807) is 24.3 Å². The van der Waals surface area contributed by atoms with E-state index in [1.165, 1.54) is 7.11 Å². The number of methoxy groups -OCH3 is 1. The summed E-state index contributed by atoms with van der Waals surface area (Å²) in [5, 5.41) is 10.1. The highest BCUT2D eigenvalue weighted by Gasteiger charge is 2.25. The zero-order chi connectivity index (χ0) is 24.9. The topological polar surface area (TPSA) is 103 Å². The zero-order valence-electron chi connectivity index (χ0n) is 20.0. The first-order valence-corrected chi connectivity index (χ1v) is 11.4. The fraction of sp³-hybridized carbons (Fsp3) is 0.370. The van der Waals surface area contributed by atoms with Crippen molar-refractivity contribution in [2.45, 2.75) is 58.3 Å². The van der Waals surface area contributed by atoms with Gasteiger partial charge in [-0.15, -0.1) is 0 Å². The third kappa shape index (κ3) is 5.65. The van der Waals surface area contributed by atoms with Crippen molar-refractivity contribution in [1.82, 2.24) is 0 Å². The van der Waals surface area contributed by atoms with E-state index in [0.29, 0.717) is 28.0 Å². The van der Waals surface area contributed by atoms with E-state index in [9.17, 15) is 14.4 Å². The lowest BCUT2D eigenvalue weighted by Crippen LogP contribution is -2.18. The summed E-state index contributed by atoms with van der Waals surface area (Å²) >= 11 is 0. The number of carbonyl (C=O) groups is 2. The SMILES string of the molecule is CCCCCCC(C)(C)c1cc(OC(=O)/C=C/C(=O)O)c2c(c1)oc(=O)c1ccc(OC)cc12. The van der Waals surface area contributed by atoms with Gasteiger partial charge in [0.2, 0.25) is 0 Å². The van der Waals surface area contributed by atoms with Crippen LogP contribution in [-0.2, 0) is 15.0 Å². The Balaban J connectivity index is 2.21. The molecule has 0 aliphatic heterocycles. The predicted octanol–water partition coefficient (Wildman–Crippen LogP) is 5.75. The van der Waals surface area contributed by atoms with Gasteiger partial charge in [-0.2, -0.15) is 0 Å². The smallest absolute Gasteiger partial charge is 0.344 e. The lowest BCUT2D eigenvalue weighted by molar-refractivity contribution is -0.133. The lowest BCUT2D eigenvalue weighted by Gasteiger charge is -2.26. The molecule has 1 N–H and O–H groups in total. The number of unbranched alkanes of at least 4 members (excludes halogenated alkanes) is 3. The summed E-state index contributed by atoms with van der Waals surface area (Å²) in [6.45, 7) is 6.35. The van der Waals surface area contributed by atoms with Crippen LogP contribution in [0.2, 0.25) is 0 Å². The molecule has 0 spiro atoms. The molecule has 0 bridgehead atoms. The number of aliphatic carboxylic acids is 1. The van der Waals surface area contributed by atoms with Gasteiger partial charge in [-0.25, -0.2) is 14.4 Å². The van der Waals surface area contributed by atoms with E-state index in [4.69, 9.17) is 19.0 Å². The Morgan fingerprint density at radius 2 is 1.82 bits per heavy atom. The van der Waals surface area contributed by atoms with Crippen molar-refractivity contribution in [1.29, 1.82) is 0 Å². The van der Waals surface area contributed by atoms with E-state index < -0.39 is 17.6 Å². The lowest BCUT2D eigenvalue weighted by atomic mass is 9.79. The molecule has 0 fully saturated rings. The molecule has 7 heteroatoms. The maximum absolute atomic E-state index is 12.7. The van der Waals surface area contributed by atoms with Crippen molar-refractivity contribution in [2.24, 2.45) is 0 Å². The van der Waals surface area contributed by atoms with Crippen molar-refractivity contribution in [3.8, 4) is 11.5 Å². The monoisotopic (exact) mass is 466 g/mol. The Labute approximate surface area is 198 Å². The molecule has 3 rings (SSSR count). The van der Waals surface area contributed by atoms with Gasteiger partial charge in [-0.1, -0.05) is 46.5 Å². The molecule has 0 radical (unpaired) electrons. The van der Waals surface area contributed by atoms with E-state index in [-0.39, 0.29) is 16.7 Å². The van der Waals surface area contributed by atoms with E-state index in [0.717, 1.165) is 43.7 Å². The molecule has 1 aromatic heterocycles. The largest absolute Gasteiger partial charge is 0.497 e. The average molecular weight is 467 g/mol. The van der Waals surface area contributed by atoms with Gasteiger partial charge in [0.15, 0.2) is 0 Å². The molecule has 7 nitrogen and oxygen atoms in total. The van der Waals surface area contributed by atoms with Gasteiger partial charge < -0.3 is 19.0 Å². The summed E-state index contributed by atoms with van der Waals surface area (Å²) < 4.78 is 16.6. The number of rotatable bonds is 10. The van der Waals surface area contributed by atoms with Crippen molar-refractivity contribution < 1.29 is 28.6 Å². The van der Waals surface area contributed by atoms with Crippen LogP contribution in [-0.4, -0.2) is 24.2 Å². The van der Waals surface area contributed by atoms with Crippen LogP contribution in [0.4, 0.5) is 0 Å². The fourth-order valence-corrected chi connectivity index (χ4v) is 4.02. The molecule has 0 aliphatic rings. The number of benzene rings is 2. The van der Waals surface area contributed by atoms with Crippen LogP contribution < -0.4 is 15.1 Å². The minimum absolute atomic E-state index is 0.191. The van der Waals surface area contributed by atoms with Crippen LogP contribution in [0.3, 0.4) is 0 Å². The van der Waals surface area contributed by atoms with Crippen LogP contribution >= 0.6 is 0 Å². The summed E-state index contributed by atoms with van der Waals surface area (Å²) in [5.41, 5.74) is 0.356. The zero-order valence-corrected chi connectivity index (χ0v) is 20.0. The first kappa shape index (κ1) is 25.0. The summed E-state index contributed by atoms with van der Waals surface area (Å²) in [6, 6.07) is 8.53. The first-order valence-electron chi connectivity index (χ1n) is 11.4. The maximum Gasteiger partial charge on any atom is 0.344 e. The van der Waals surface area contributed by atoms with E-state index in [2.05, 4.69) is 20.8 Å². The summed E-state index contributed by atoms with van der Waals surface area (Å²) in [6.07, 6.45) is 6.92. The van der Waals surface area contributed by atoms with Gasteiger partial charge >= 0.3 is 17.6 Å². The summed E-state index contributed by atoms with van der Waals surface area (Å²) in [4.78, 5) is 35.9. The number of carboxylic acid groups (broad SMARTS) is 1. The molecule has 0 aliphatic carbocycles. The van der Waals surface area contributed by atoms with Crippen molar-refractivity contribution in [2.75, 3.05) is 7.11 Å². The molecule has 34 heavy (non-hydrogen) atoms. The maximum atomic E-state index is 12.7. The Kier molecular flexibility index (Phi) is 7.76. The Hall–Kier alpha value is -3.61. The van der Waals surface area contributed by atoms with Gasteiger partial charge in [0.05, 0.1) is 17.9 Å². The second-order valence-corrected chi connectivity index (χ2v) is 8.94. The summed E-state index contributed by atoms with van der Waals surface area (Å²) in [7, 11) is 1.52. The third-order valence-electron chi connectivity index (χ3n) is 5.99. The summed E-state index contributed by atoms with van der Waals surface area (Å²) in [5.74, 6) is -1.38. The Morgan fingerprint density at radius 3 is 2.50 bits per heavy atom. The number of hydrogen-bond donors (Lipinski definition) is 1. The molecular formula is C27H30O7. The van der Waals surface area contributed by atoms with Crippen LogP contribution in [0.1, 0.15) is 58.4 Å². The van der Waals surface area contributed by atoms with Crippen LogP contribution in [0.5, 0.6) is 11.5 Å². The quantitative estimate of drug-likeness (QED) is 0.101. The molecule has 1 heterocycles. The molecule has 0 unspecified atom stereocenters. The molecular weight excluding hydrogens is 436 g/mol. The van der Waals surface area contributed by atoms with Gasteiger partial charge in [-0.05, 0) is 47.7 Å². The van der Waals surface area contributed by atoms with Gasteiger partial charge in [0.1, 0.15) is 17.1 Å². The van der Waals surface area contributed by atoms with Crippen LogP contribution in [0.25, 0.3) is 21.7 Å².